The fourth-order valence-corrected chi connectivity index (χ4v) is 3.86. The molecule has 1 fully saturated rings. The average Bonchev–Trinajstić information content (AvgIpc) is 2.80. The Morgan fingerprint density at radius 1 is 1.12 bits per heavy atom. The summed E-state index contributed by atoms with van der Waals surface area (Å²) in [5.41, 5.74) is 9.09. The van der Waals surface area contributed by atoms with Crippen molar-refractivity contribution >= 4 is 35.8 Å². The molecular weight excluding hydrogens is 517 g/mol. The van der Waals surface area contributed by atoms with E-state index in [-0.39, 0.29) is 35.8 Å². The van der Waals surface area contributed by atoms with Crippen LogP contribution < -0.4 is 21.1 Å². The third kappa shape index (κ3) is 7.98. The van der Waals surface area contributed by atoms with Crippen molar-refractivity contribution in [3.8, 4) is 5.75 Å². The smallest absolute Gasteiger partial charge is 0.221 e. The number of carbonyl (C=O) groups is 1. The number of rotatable bonds is 8. The third-order valence-corrected chi connectivity index (χ3v) is 5.61. The quantitative estimate of drug-likeness (QED) is 0.267. The lowest BCUT2D eigenvalue weighted by molar-refractivity contribution is -0.123. The second kappa shape index (κ2) is 13.3. The molecule has 1 amide bonds. The Balaban J connectivity index is 0.00000363. The standard InChI is InChI=1S/C24H33N5O2.HI/c1-26-24(27-14-18-8-10-22(31-2)11-9-18)28-15-19-5-3-6-20(13-19)16-29-12-4-7-21(17-29)23(25)30;/h3,5-6,8-11,13,21H,4,7,12,14-17H2,1-2H3,(H2,25,30)(H2,26,27,28);1H. The normalized spacial score (nSPS) is 16.7. The molecule has 1 aliphatic rings. The number of ether oxygens (including phenoxy) is 1. The van der Waals surface area contributed by atoms with Crippen LogP contribution in [0.5, 0.6) is 5.75 Å². The van der Waals surface area contributed by atoms with E-state index >= 15 is 0 Å². The van der Waals surface area contributed by atoms with Crippen molar-refractivity contribution in [1.29, 1.82) is 0 Å². The summed E-state index contributed by atoms with van der Waals surface area (Å²) in [6.45, 7) is 3.95. The number of nitrogens with one attached hydrogen (secondary N) is 2. The molecular formula is C24H34IN5O2. The number of hydrogen-bond donors (Lipinski definition) is 3. The molecule has 0 spiro atoms. The van der Waals surface area contributed by atoms with Gasteiger partial charge in [0, 0.05) is 33.2 Å². The fourth-order valence-electron chi connectivity index (χ4n) is 3.86. The van der Waals surface area contributed by atoms with Crippen molar-refractivity contribution in [2.45, 2.75) is 32.5 Å². The number of primary amides is 1. The van der Waals surface area contributed by atoms with Crippen LogP contribution in [0.1, 0.15) is 29.5 Å². The van der Waals surface area contributed by atoms with Crippen LogP contribution in [0, 0.1) is 5.92 Å². The minimum absolute atomic E-state index is 0. The van der Waals surface area contributed by atoms with Gasteiger partial charge in [0.05, 0.1) is 13.0 Å². The second-order valence-electron chi connectivity index (χ2n) is 7.92. The lowest BCUT2D eigenvalue weighted by Gasteiger charge is -2.31. The Bertz CT molecular complexity index is 888. The fraction of sp³-hybridized carbons (Fsp3) is 0.417. The highest BCUT2D eigenvalue weighted by Crippen LogP contribution is 2.19. The van der Waals surface area contributed by atoms with Gasteiger partial charge in [0.1, 0.15) is 5.75 Å². The predicted molar refractivity (Wildman–Crippen MR) is 139 cm³/mol. The van der Waals surface area contributed by atoms with Gasteiger partial charge in [0.15, 0.2) is 5.96 Å². The number of methoxy groups -OCH3 is 1. The molecule has 4 N–H and O–H groups in total. The number of aliphatic imine (C=N–C) groups is 1. The van der Waals surface area contributed by atoms with Gasteiger partial charge >= 0.3 is 0 Å². The average molecular weight is 551 g/mol. The molecule has 0 radical (unpaired) electrons. The van der Waals surface area contributed by atoms with Crippen LogP contribution in [0.4, 0.5) is 0 Å². The number of amides is 1. The number of likely N-dealkylation sites (tertiary alicyclic amines) is 1. The Morgan fingerprint density at radius 2 is 1.81 bits per heavy atom. The van der Waals surface area contributed by atoms with E-state index in [2.05, 4.69) is 44.8 Å². The number of halogens is 1. The first-order chi connectivity index (χ1) is 15.1. The molecule has 1 atom stereocenters. The van der Waals surface area contributed by atoms with E-state index in [1.807, 2.05) is 24.3 Å². The van der Waals surface area contributed by atoms with Crippen molar-refractivity contribution < 1.29 is 9.53 Å². The van der Waals surface area contributed by atoms with E-state index < -0.39 is 0 Å². The van der Waals surface area contributed by atoms with Gasteiger partial charge in [-0.25, -0.2) is 0 Å². The Labute approximate surface area is 207 Å². The highest BCUT2D eigenvalue weighted by molar-refractivity contribution is 14.0. The molecule has 1 aliphatic heterocycles. The van der Waals surface area contributed by atoms with Crippen LogP contribution >= 0.6 is 24.0 Å². The van der Waals surface area contributed by atoms with Gasteiger partial charge in [-0.3, -0.25) is 14.7 Å². The summed E-state index contributed by atoms with van der Waals surface area (Å²) in [6.07, 6.45) is 1.92. The van der Waals surface area contributed by atoms with E-state index in [1.54, 1.807) is 14.2 Å². The first-order valence-electron chi connectivity index (χ1n) is 10.7. The van der Waals surface area contributed by atoms with Crippen LogP contribution in [0.2, 0.25) is 0 Å². The molecule has 0 aromatic heterocycles. The molecule has 1 heterocycles. The molecule has 0 saturated carbocycles. The van der Waals surface area contributed by atoms with Crippen LogP contribution in [0.3, 0.4) is 0 Å². The zero-order chi connectivity index (χ0) is 22.1. The van der Waals surface area contributed by atoms with Crippen LogP contribution in [-0.2, 0) is 24.4 Å². The molecule has 7 nitrogen and oxygen atoms in total. The molecule has 1 unspecified atom stereocenters. The molecule has 0 bridgehead atoms. The molecule has 174 valence electrons. The zero-order valence-electron chi connectivity index (χ0n) is 18.8. The van der Waals surface area contributed by atoms with Gasteiger partial charge in [0.2, 0.25) is 5.91 Å². The van der Waals surface area contributed by atoms with E-state index in [9.17, 15) is 4.79 Å². The van der Waals surface area contributed by atoms with E-state index in [4.69, 9.17) is 10.5 Å². The third-order valence-electron chi connectivity index (χ3n) is 5.61. The first kappa shape index (κ1) is 25.9. The van der Waals surface area contributed by atoms with E-state index in [1.165, 1.54) is 11.1 Å². The lowest BCUT2D eigenvalue weighted by atomic mass is 9.97. The summed E-state index contributed by atoms with van der Waals surface area (Å²) in [7, 11) is 3.43. The van der Waals surface area contributed by atoms with Gasteiger partial charge in [-0.1, -0.05) is 36.4 Å². The highest BCUT2D eigenvalue weighted by atomic mass is 127. The summed E-state index contributed by atoms with van der Waals surface area (Å²) < 4.78 is 5.20. The Kier molecular flexibility index (Phi) is 10.8. The number of piperidine rings is 1. The van der Waals surface area contributed by atoms with Crippen LogP contribution in [0.25, 0.3) is 0 Å². The van der Waals surface area contributed by atoms with Gasteiger partial charge < -0.3 is 21.1 Å². The molecule has 0 aliphatic carbocycles. The maximum absolute atomic E-state index is 11.5. The minimum atomic E-state index is -0.184. The molecule has 2 aromatic rings. The van der Waals surface area contributed by atoms with Crippen LogP contribution in [0.15, 0.2) is 53.5 Å². The summed E-state index contributed by atoms with van der Waals surface area (Å²) in [5.74, 6) is 1.39. The number of hydrogen-bond acceptors (Lipinski definition) is 4. The van der Waals surface area contributed by atoms with Crippen molar-refractivity contribution in [3.05, 3.63) is 65.2 Å². The van der Waals surface area contributed by atoms with Gasteiger partial charge in [0.25, 0.3) is 0 Å². The molecule has 2 aromatic carbocycles. The number of guanidine groups is 1. The summed E-state index contributed by atoms with van der Waals surface area (Å²) in [6, 6.07) is 16.5. The predicted octanol–water partition coefficient (Wildman–Crippen LogP) is 2.88. The summed E-state index contributed by atoms with van der Waals surface area (Å²) >= 11 is 0. The summed E-state index contributed by atoms with van der Waals surface area (Å²) in [5, 5.41) is 6.71. The molecule has 32 heavy (non-hydrogen) atoms. The molecule has 1 saturated heterocycles. The zero-order valence-corrected chi connectivity index (χ0v) is 21.2. The lowest BCUT2D eigenvalue weighted by Crippen LogP contribution is -2.40. The summed E-state index contributed by atoms with van der Waals surface area (Å²) in [4.78, 5) is 18.2. The number of benzene rings is 2. The maximum Gasteiger partial charge on any atom is 0.221 e. The van der Waals surface area contributed by atoms with Gasteiger partial charge in [-0.2, -0.15) is 0 Å². The van der Waals surface area contributed by atoms with Crippen LogP contribution in [-0.4, -0.2) is 44.0 Å². The van der Waals surface area contributed by atoms with Crippen molar-refractivity contribution in [3.63, 3.8) is 0 Å². The minimum Gasteiger partial charge on any atom is -0.497 e. The maximum atomic E-state index is 11.5. The van der Waals surface area contributed by atoms with Gasteiger partial charge in [-0.05, 0) is 48.2 Å². The van der Waals surface area contributed by atoms with Crippen molar-refractivity contribution in [1.82, 2.24) is 15.5 Å². The first-order valence-corrected chi connectivity index (χ1v) is 10.7. The Hall–Kier alpha value is -2.33. The largest absolute Gasteiger partial charge is 0.497 e. The topological polar surface area (TPSA) is 92.0 Å². The second-order valence-corrected chi connectivity index (χ2v) is 7.92. The monoisotopic (exact) mass is 551 g/mol. The number of nitrogens with two attached hydrogens (primary N) is 1. The molecule has 8 heteroatoms. The van der Waals surface area contributed by atoms with Crippen molar-refractivity contribution in [2.75, 3.05) is 27.2 Å². The highest BCUT2D eigenvalue weighted by Gasteiger charge is 2.23. The van der Waals surface area contributed by atoms with Crippen molar-refractivity contribution in [2.24, 2.45) is 16.6 Å². The van der Waals surface area contributed by atoms with E-state index in [0.29, 0.717) is 13.1 Å². The van der Waals surface area contributed by atoms with Gasteiger partial charge in [-0.15, -0.1) is 24.0 Å². The van der Waals surface area contributed by atoms with E-state index in [0.717, 1.165) is 49.7 Å². The number of carbonyl (C=O) groups excluding carboxylic acids is 1. The number of nitrogens with zero attached hydrogens (tertiary/aromatic N) is 2. The SMILES string of the molecule is CN=C(NCc1ccc(OC)cc1)NCc1cccc(CN2CCCC(C(N)=O)C2)c1.I. The molecule has 3 rings (SSSR count). The Morgan fingerprint density at radius 3 is 2.47 bits per heavy atom.